The molecule has 0 radical (unpaired) electrons. The number of nitrogens with one attached hydrogen (secondary N) is 3. The lowest BCUT2D eigenvalue weighted by molar-refractivity contribution is 0.602. The summed E-state index contributed by atoms with van der Waals surface area (Å²) in [5.74, 6) is 2.06. The van der Waals surface area contributed by atoms with Gasteiger partial charge in [-0.25, -0.2) is 4.79 Å². The molecule has 1 aromatic heterocycles. The molecule has 2 aromatic rings. The number of aromatic nitrogens is 2. The van der Waals surface area contributed by atoms with Crippen molar-refractivity contribution in [2.24, 2.45) is 0 Å². The first-order valence-electron chi connectivity index (χ1n) is 6.34. The van der Waals surface area contributed by atoms with E-state index in [1.165, 1.54) is 5.56 Å². The van der Waals surface area contributed by atoms with Gasteiger partial charge in [-0.1, -0.05) is 12.1 Å². The van der Waals surface area contributed by atoms with E-state index in [1.807, 2.05) is 36.0 Å². The molecule has 0 aliphatic heterocycles. The number of hydrogen-bond acceptors (Lipinski definition) is 3. The Morgan fingerprint density at radius 3 is 3.00 bits per heavy atom. The van der Waals surface area contributed by atoms with Crippen molar-refractivity contribution in [2.45, 2.75) is 13.0 Å². The van der Waals surface area contributed by atoms with E-state index in [4.69, 9.17) is 0 Å². The molecule has 4 nitrogen and oxygen atoms in total. The predicted octanol–water partition coefficient (Wildman–Crippen LogP) is 2.43. The fourth-order valence-corrected chi connectivity index (χ4v) is 2.55. The van der Waals surface area contributed by atoms with E-state index in [0.717, 1.165) is 29.1 Å². The van der Waals surface area contributed by atoms with Crippen molar-refractivity contribution in [1.29, 1.82) is 0 Å². The van der Waals surface area contributed by atoms with Crippen molar-refractivity contribution >= 4 is 22.8 Å². The van der Waals surface area contributed by atoms with Gasteiger partial charge < -0.3 is 15.3 Å². The molecule has 1 heterocycles. The molecule has 19 heavy (non-hydrogen) atoms. The monoisotopic (exact) mass is 277 g/mol. The molecule has 0 aliphatic carbocycles. The van der Waals surface area contributed by atoms with Gasteiger partial charge in [0.15, 0.2) is 0 Å². The third kappa shape index (κ3) is 3.75. The summed E-state index contributed by atoms with van der Waals surface area (Å²) in [6.45, 7) is 6.79. The Labute approximate surface area is 116 Å². The highest BCUT2D eigenvalue weighted by Gasteiger charge is 2.06. The van der Waals surface area contributed by atoms with Crippen LogP contribution in [-0.2, 0) is 0 Å². The second kappa shape index (κ2) is 6.63. The molecule has 2 rings (SSSR count). The van der Waals surface area contributed by atoms with Gasteiger partial charge >= 0.3 is 5.69 Å². The molecule has 0 aliphatic rings. The fourth-order valence-electron chi connectivity index (χ4n) is 1.95. The first-order chi connectivity index (χ1) is 9.20. The topological polar surface area (TPSA) is 60.7 Å². The predicted molar refractivity (Wildman–Crippen MR) is 82.9 cm³/mol. The molecule has 0 spiro atoms. The minimum absolute atomic E-state index is 0.159. The molecule has 1 aromatic carbocycles. The Kier molecular flexibility index (Phi) is 4.87. The van der Waals surface area contributed by atoms with Crippen LogP contribution in [0.3, 0.4) is 0 Å². The summed E-state index contributed by atoms with van der Waals surface area (Å²) in [4.78, 5) is 16.7. The van der Waals surface area contributed by atoms with E-state index in [-0.39, 0.29) is 11.7 Å². The molecular weight excluding hydrogens is 258 g/mol. The summed E-state index contributed by atoms with van der Waals surface area (Å²) in [6, 6.07) is 6.27. The lowest BCUT2D eigenvalue weighted by Gasteiger charge is -2.14. The number of imidazole rings is 1. The van der Waals surface area contributed by atoms with Crippen LogP contribution in [0.4, 0.5) is 0 Å². The smallest absolute Gasteiger partial charge is 0.309 e. The second-order valence-electron chi connectivity index (χ2n) is 4.42. The van der Waals surface area contributed by atoms with E-state index < -0.39 is 0 Å². The van der Waals surface area contributed by atoms with Crippen molar-refractivity contribution in [3.63, 3.8) is 0 Å². The highest BCUT2D eigenvalue weighted by atomic mass is 32.2. The number of aromatic amines is 2. The quantitative estimate of drug-likeness (QED) is 0.538. The van der Waals surface area contributed by atoms with Gasteiger partial charge in [-0.3, -0.25) is 0 Å². The van der Waals surface area contributed by atoms with Gasteiger partial charge in [0.2, 0.25) is 0 Å². The van der Waals surface area contributed by atoms with Gasteiger partial charge in [-0.05, 0) is 24.6 Å². The van der Waals surface area contributed by atoms with Crippen LogP contribution in [0.2, 0.25) is 0 Å². The van der Waals surface area contributed by atoms with Gasteiger partial charge in [-0.15, -0.1) is 6.58 Å². The first-order valence-corrected chi connectivity index (χ1v) is 7.50. The lowest BCUT2D eigenvalue weighted by Crippen LogP contribution is -2.21. The molecule has 102 valence electrons. The molecule has 0 saturated heterocycles. The number of fused-ring (bicyclic) bond motifs is 1. The van der Waals surface area contributed by atoms with E-state index in [0.29, 0.717) is 0 Å². The molecule has 0 saturated carbocycles. The maximum atomic E-state index is 11.2. The lowest BCUT2D eigenvalue weighted by atomic mass is 10.1. The van der Waals surface area contributed by atoms with E-state index in [9.17, 15) is 4.79 Å². The summed E-state index contributed by atoms with van der Waals surface area (Å²) >= 11 is 1.86. The summed E-state index contributed by atoms with van der Waals surface area (Å²) in [5, 5.41) is 3.47. The number of H-pyrrole nitrogens is 2. The molecule has 3 N–H and O–H groups in total. The second-order valence-corrected chi connectivity index (χ2v) is 5.57. The summed E-state index contributed by atoms with van der Waals surface area (Å²) in [7, 11) is 0. The maximum absolute atomic E-state index is 11.2. The molecule has 1 atom stereocenters. The van der Waals surface area contributed by atoms with Crippen LogP contribution in [0.15, 0.2) is 35.6 Å². The fraction of sp³-hybridized carbons (Fsp3) is 0.357. The van der Waals surface area contributed by atoms with Crippen LogP contribution < -0.4 is 11.0 Å². The van der Waals surface area contributed by atoms with E-state index >= 15 is 0 Å². The van der Waals surface area contributed by atoms with Gasteiger partial charge in [0.1, 0.15) is 0 Å². The number of rotatable bonds is 7. The average Bonchev–Trinajstić information content (AvgIpc) is 2.77. The number of thioether (sulfide) groups is 1. The third-order valence-corrected chi connectivity index (χ3v) is 3.94. The molecule has 0 bridgehead atoms. The Morgan fingerprint density at radius 2 is 2.21 bits per heavy atom. The summed E-state index contributed by atoms with van der Waals surface area (Å²) in [5.41, 5.74) is 2.73. The van der Waals surface area contributed by atoms with Crippen LogP contribution in [0.1, 0.15) is 18.5 Å². The normalized spacial score (nSPS) is 12.7. The van der Waals surface area contributed by atoms with Crippen LogP contribution in [0.5, 0.6) is 0 Å². The first kappa shape index (κ1) is 14.0. The zero-order valence-corrected chi connectivity index (χ0v) is 11.8. The maximum Gasteiger partial charge on any atom is 0.323 e. The molecule has 5 heteroatoms. The number of benzene rings is 1. The average molecular weight is 277 g/mol. The number of hydrogen-bond donors (Lipinski definition) is 3. The van der Waals surface area contributed by atoms with Crippen molar-refractivity contribution in [1.82, 2.24) is 15.3 Å². The summed E-state index contributed by atoms with van der Waals surface area (Å²) in [6.07, 6.45) is 1.92. The standard InChI is InChI=1S/C14H19N3OS/c1-3-7-19-8-6-15-10(2)11-4-5-12-13(9-11)17-14(18)16-12/h3-5,9-10,15H,1,6-8H2,2H3,(H2,16,17,18). The zero-order chi connectivity index (χ0) is 13.7. The highest BCUT2D eigenvalue weighted by Crippen LogP contribution is 2.16. The van der Waals surface area contributed by atoms with Gasteiger partial charge in [0, 0.05) is 24.1 Å². The van der Waals surface area contributed by atoms with Gasteiger partial charge in [0.05, 0.1) is 11.0 Å². The van der Waals surface area contributed by atoms with Crippen LogP contribution in [-0.4, -0.2) is 28.0 Å². The van der Waals surface area contributed by atoms with Gasteiger partial charge in [-0.2, -0.15) is 11.8 Å². The molecule has 0 fully saturated rings. The van der Waals surface area contributed by atoms with Crippen LogP contribution in [0, 0.1) is 0 Å². The zero-order valence-electron chi connectivity index (χ0n) is 11.0. The van der Waals surface area contributed by atoms with E-state index in [2.05, 4.69) is 28.8 Å². The highest BCUT2D eigenvalue weighted by molar-refractivity contribution is 7.99. The molecular formula is C14H19N3OS. The Morgan fingerprint density at radius 1 is 1.42 bits per heavy atom. The SMILES string of the molecule is C=CCSCCNC(C)c1ccc2[nH]c(=O)[nH]c2c1. The third-order valence-electron chi connectivity index (χ3n) is 2.97. The van der Waals surface area contributed by atoms with Crippen LogP contribution >= 0.6 is 11.8 Å². The van der Waals surface area contributed by atoms with E-state index in [1.54, 1.807) is 0 Å². The minimum Gasteiger partial charge on any atom is -0.309 e. The minimum atomic E-state index is -0.159. The Balaban J connectivity index is 1.94. The molecule has 0 amide bonds. The Hall–Kier alpha value is -1.46. The van der Waals surface area contributed by atoms with Crippen LogP contribution in [0.25, 0.3) is 11.0 Å². The molecule has 1 unspecified atom stereocenters. The summed E-state index contributed by atoms with van der Waals surface area (Å²) < 4.78 is 0. The van der Waals surface area contributed by atoms with Crippen molar-refractivity contribution in [3.05, 3.63) is 46.9 Å². The van der Waals surface area contributed by atoms with Crippen molar-refractivity contribution in [2.75, 3.05) is 18.1 Å². The largest absolute Gasteiger partial charge is 0.323 e. The Bertz CT molecular complexity index is 602. The van der Waals surface area contributed by atoms with Crippen molar-refractivity contribution < 1.29 is 0 Å². The van der Waals surface area contributed by atoms with Crippen molar-refractivity contribution in [3.8, 4) is 0 Å². The van der Waals surface area contributed by atoms with Gasteiger partial charge in [0.25, 0.3) is 0 Å².